The van der Waals surface area contributed by atoms with Gasteiger partial charge in [0.2, 0.25) is 0 Å². The average Bonchev–Trinajstić information content (AvgIpc) is 2.53. The first-order valence-corrected chi connectivity index (χ1v) is 7.59. The second-order valence-electron chi connectivity index (χ2n) is 4.45. The van der Waals surface area contributed by atoms with Crippen molar-refractivity contribution in [2.45, 2.75) is 6.61 Å². The van der Waals surface area contributed by atoms with E-state index in [4.69, 9.17) is 26.9 Å². The van der Waals surface area contributed by atoms with Gasteiger partial charge in [-0.05, 0) is 36.4 Å². The van der Waals surface area contributed by atoms with Crippen LogP contribution in [-0.2, 0) is 6.61 Å². The van der Waals surface area contributed by atoms with Gasteiger partial charge in [-0.25, -0.2) is 4.39 Å². The molecule has 2 rings (SSSR count). The minimum Gasteiger partial charge on any atom is -0.488 e. The van der Waals surface area contributed by atoms with Crippen molar-refractivity contribution in [2.24, 2.45) is 0 Å². The Labute approximate surface area is 146 Å². The minimum absolute atomic E-state index is 0.0584. The van der Waals surface area contributed by atoms with E-state index in [1.54, 1.807) is 36.4 Å². The van der Waals surface area contributed by atoms with E-state index in [1.165, 1.54) is 18.2 Å². The summed E-state index contributed by atoms with van der Waals surface area (Å²) in [6, 6.07) is 13.1. The summed E-state index contributed by atoms with van der Waals surface area (Å²) in [4.78, 5) is 0. The third-order valence-electron chi connectivity index (χ3n) is 2.95. The second kappa shape index (κ2) is 7.78. The molecule has 0 aromatic heterocycles. The van der Waals surface area contributed by atoms with Gasteiger partial charge < -0.3 is 4.74 Å². The van der Waals surface area contributed by atoms with Crippen LogP contribution in [0.2, 0.25) is 5.02 Å². The number of rotatable bonds is 4. The Morgan fingerprint density at radius 3 is 2.65 bits per heavy atom. The molecule has 0 bridgehead atoms. The number of hydrogen-bond donors (Lipinski definition) is 0. The highest BCUT2D eigenvalue weighted by molar-refractivity contribution is 9.10. The molecular formula is C17H9BrClFN2O. The molecule has 2 aromatic carbocycles. The highest BCUT2D eigenvalue weighted by Crippen LogP contribution is 2.28. The smallest absolute Gasteiger partial charge is 0.131 e. The summed E-state index contributed by atoms with van der Waals surface area (Å²) in [6.45, 7) is -0.0670. The predicted octanol–water partition coefficient (Wildman–Crippen LogP) is 5.25. The first-order valence-electron chi connectivity index (χ1n) is 6.42. The Bertz CT molecular complexity index is 816. The molecule has 114 valence electrons. The van der Waals surface area contributed by atoms with Crippen molar-refractivity contribution in [3.05, 3.63) is 68.4 Å². The van der Waals surface area contributed by atoms with Crippen LogP contribution in [-0.4, -0.2) is 0 Å². The van der Waals surface area contributed by atoms with Crippen LogP contribution in [0.1, 0.15) is 11.1 Å². The van der Waals surface area contributed by atoms with Crippen LogP contribution in [0.15, 0.2) is 46.4 Å². The molecule has 0 aliphatic heterocycles. The van der Waals surface area contributed by atoms with Crippen LogP contribution < -0.4 is 4.74 Å². The van der Waals surface area contributed by atoms with Crippen molar-refractivity contribution >= 4 is 33.6 Å². The van der Waals surface area contributed by atoms with E-state index in [9.17, 15) is 4.39 Å². The fourth-order valence-electron chi connectivity index (χ4n) is 1.83. The average molecular weight is 392 g/mol. The van der Waals surface area contributed by atoms with Crippen molar-refractivity contribution in [1.82, 2.24) is 0 Å². The van der Waals surface area contributed by atoms with Crippen molar-refractivity contribution in [1.29, 1.82) is 10.5 Å². The van der Waals surface area contributed by atoms with Crippen molar-refractivity contribution < 1.29 is 9.13 Å². The lowest BCUT2D eigenvalue weighted by Gasteiger charge is -2.11. The third kappa shape index (κ3) is 4.32. The quantitative estimate of drug-likeness (QED) is 0.669. The van der Waals surface area contributed by atoms with Crippen LogP contribution in [0, 0.1) is 28.5 Å². The Hall–Kier alpha value is -2.34. The van der Waals surface area contributed by atoms with E-state index in [1.807, 2.05) is 0 Å². The second-order valence-corrected chi connectivity index (χ2v) is 5.78. The number of hydrogen-bond acceptors (Lipinski definition) is 3. The number of benzene rings is 2. The Morgan fingerprint density at radius 2 is 2.00 bits per heavy atom. The van der Waals surface area contributed by atoms with E-state index >= 15 is 0 Å². The Kier molecular flexibility index (Phi) is 5.76. The fourth-order valence-corrected chi connectivity index (χ4v) is 2.43. The normalized spacial score (nSPS) is 9.61. The fraction of sp³-hybridized carbons (Fsp3) is 0.0588. The zero-order chi connectivity index (χ0) is 16.8. The molecule has 0 unspecified atom stereocenters. The van der Waals surface area contributed by atoms with Gasteiger partial charge in [0.05, 0.1) is 5.02 Å². The van der Waals surface area contributed by atoms with Crippen LogP contribution in [0.4, 0.5) is 4.39 Å². The highest BCUT2D eigenvalue weighted by atomic mass is 79.9. The van der Waals surface area contributed by atoms with E-state index in [0.29, 0.717) is 11.3 Å². The number of ether oxygens (including phenoxy) is 1. The van der Waals surface area contributed by atoms with E-state index in [0.717, 1.165) is 4.47 Å². The zero-order valence-electron chi connectivity index (χ0n) is 11.7. The maximum atomic E-state index is 13.8. The molecule has 0 N–H and O–H groups in total. The molecule has 0 aliphatic rings. The molecule has 0 radical (unpaired) electrons. The molecule has 23 heavy (non-hydrogen) atoms. The van der Waals surface area contributed by atoms with Gasteiger partial charge in [-0.2, -0.15) is 10.5 Å². The molecule has 0 amide bonds. The molecule has 0 heterocycles. The summed E-state index contributed by atoms with van der Waals surface area (Å²) in [5.41, 5.74) is 0.717. The predicted molar refractivity (Wildman–Crippen MR) is 89.1 cm³/mol. The van der Waals surface area contributed by atoms with Gasteiger partial charge in [-0.3, -0.25) is 0 Å². The summed E-state index contributed by atoms with van der Waals surface area (Å²) in [6.07, 6.45) is 1.41. The first-order chi connectivity index (χ1) is 11.0. The molecular weight excluding hydrogens is 383 g/mol. The van der Waals surface area contributed by atoms with E-state index < -0.39 is 5.82 Å². The molecule has 0 spiro atoms. The lowest BCUT2D eigenvalue weighted by Crippen LogP contribution is -2.00. The number of nitriles is 2. The number of halogens is 3. The molecule has 0 atom stereocenters. The summed E-state index contributed by atoms with van der Waals surface area (Å²) in [5, 5.41) is 18.0. The maximum absolute atomic E-state index is 13.8. The summed E-state index contributed by atoms with van der Waals surface area (Å²) >= 11 is 9.28. The maximum Gasteiger partial charge on any atom is 0.131 e. The van der Waals surface area contributed by atoms with Gasteiger partial charge in [-0.15, -0.1) is 0 Å². The van der Waals surface area contributed by atoms with Gasteiger partial charge in [0, 0.05) is 15.6 Å². The summed E-state index contributed by atoms with van der Waals surface area (Å²) in [5.74, 6) is -0.0445. The Balaban J connectivity index is 2.33. The van der Waals surface area contributed by atoms with Crippen molar-refractivity contribution in [3.63, 3.8) is 0 Å². The van der Waals surface area contributed by atoms with Crippen molar-refractivity contribution in [2.75, 3.05) is 0 Å². The molecule has 0 aliphatic carbocycles. The standard InChI is InChI=1S/C17H9BrClFN2O/c18-13-4-5-17(12(7-13)6-11(8-21)9-22)23-10-14-15(19)2-1-3-16(14)20/h1-7H,10H2. The first kappa shape index (κ1) is 17.0. The SMILES string of the molecule is N#CC(C#N)=Cc1cc(Br)ccc1OCc1c(F)cccc1Cl. The number of allylic oxidation sites excluding steroid dienone is 1. The van der Waals surface area contributed by atoms with Crippen LogP contribution in [0.3, 0.4) is 0 Å². The molecule has 0 fully saturated rings. The van der Waals surface area contributed by atoms with E-state index in [2.05, 4.69) is 15.9 Å². The molecule has 2 aromatic rings. The van der Waals surface area contributed by atoms with Gasteiger partial charge in [0.1, 0.15) is 35.9 Å². The van der Waals surface area contributed by atoms with Crippen molar-refractivity contribution in [3.8, 4) is 17.9 Å². The van der Waals surface area contributed by atoms with Gasteiger partial charge in [0.15, 0.2) is 0 Å². The van der Waals surface area contributed by atoms with Gasteiger partial charge in [0.25, 0.3) is 0 Å². The Morgan fingerprint density at radius 1 is 1.26 bits per heavy atom. The molecule has 0 saturated heterocycles. The summed E-state index contributed by atoms with van der Waals surface area (Å²) < 4.78 is 20.1. The topological polar surface area (TPSA) is 56.8 Å². The highest BCUT2D eigenvalue weighted by Gasteiger charge is 2.10. The van der Waals surface area contributed by atoms with Crippen LogP contribution in [0.5, 0.6) is 5.75 Å². The van der Waals surface area contributed by atoms with Gasteiger partial charge >= 0.3 is 0 Å². The largest absolute Gasteiger partial charge is 0.488 e. The lowest BCUT2D eigenvalue weighted by molar-refractivity contribution is 0.299. The summed E-state index contributed by atoms with van der Waals surface area (Å²) in [7, 11) is 0. The van der Waals surface area contributed by atoms with Gasteiger partial charge in [-0.1, -0.05) is 33.6 Å². The third-order valence-corrected chi connectivity index (χ3v) is 3.79. The van der Waals surface area contributed by atoms with E-state index in [-0.39, 0.29) is 22.8 Å². The minimum atomic E-state index is -0.457. The van der Waals surface area contributed by atoms with Crippen LogP contribution in [0.25, 0.3) is 6.08 Å². The molecule has 0 saturated carbocycles. The molecule has 3 nitrogen and oxygen atoms in total. The number of nitrogens with zero attached hydrogens (tertiary/aromatic N) is 2. The van der Waals surface area contributed by atoms with Crippen LogP contribution >= 0.6 is 27.5 Å². The zero-order valence-corrected chi connectivity index (χ0v) is 14.0. The lowest BCUT2D eigenvalue weighted by atomic mass is 10.1. The monoisotopic (exact) mass is 390 g/mol. The molecule has 6 heteroatoms.